The van der Waals surface area contributed by atoms with E-state index in [1.807, 2.05) is 0 Å². The fraction of sp³-hybridized carbons (Fsp3) is 0. The molecule has 0 spiro atoms. The first-order valence-electron chi connectivity index (χ1n) is 3.23. The van der Waals surface area contributed by atoms with Gasteiger partial charge in [0, 0.05) is 6.08 Å². The lowest BCUT2D eigenvalue weighted by Gasteiger charge is -1.97. The summed E-state index contributed by atoms with van der Waals surface area (Å²) in [6.07, 6.45) is 1.24. The Balaban J connectivity index is 5.11. The molecule has 7 heteroatoms. The average Bonchev–Trinajstić information content (AvgIpc) is 1.99. The van der Waals surface area contributed by atoms with E-state index in [2.05, 4.69) is 0 Å². The van der Waals surface area contributed by atoms with Crippen molar-refractivity contribution in [2.24, 2.45) is 5.73 Å². The zero-order valence-electron chi connectivity index (χ0n) is 6.80. The summed E-state index contributed by atoms with van der Waals surface area (Å²) < 4.78 is 0. The number of allylic oxidation sites excluding steroid dienone is 1. The number of hydrogen-bond acceptors (Lipinski definition) is 4. The summed E-state index contributed by atoms with van der Waals surface area (Å²) in [5.41, 5.74) is 3.34. The van der Waals surface area contributed by atoms with Crippen LogP contribution in [0.1, 0.15) is 0 Å². The maximum Gasteiger partial charge on any atom is 0.345 e. The average molecular weight is 201 g/mol. The van der Waals surface area contributed by atoms with Crippen molar-refractivity contribution in [3.8, 4) is 0 Å². The molecule has 0 bridgehead atoms. The van der Waals surface area contributed by atoms with Crippen molar-refractivity contribution in [1.82, 2.24) is 0 Å². The zero-order chi connectivity index (χ0) is 11.3. The van der Waals surface area contributed by atoms with Gasteiger partial charge in [-0.05, 0) is 6.08 Å². The highest BCUT2D eigenvalue weighted by Gasteiger charge is 2.19. The van der Waals surface area contributed by atoms with E-state index in [9.17, 15) is 14.4 Å². The van der Waals surface area contributed by atoms with Gasteiger partial charge in [-0.25, -0.2) is 14.4 Å². The van der Waals surface area contributed by atoms with E-state index in [0.29, 0.717) is 12.2 Å². The van der Waals surface area contributed by atoms with Gasteiger partial charge in [0.2, 0.25) is 0 Å². The summed E-state index contributed by atoms with van der Waals surface area (Å²) in [5.74, 6) is -4.82. The Morgan fingerprint density at radius 2 is 1.36 bits per heavy atom. The van der Waals surface area contributed by atoms with Gasteiger partial charge < -0.3 is 21.1 Å². The van der Waals surface area contributed by atoms with Gasteiger partial charge >= 0.3 is 17.9 Å². The largest absolute Gasteiger partial charge is 0.478 e. The molecule has 0 aromatic heterocycles. The van der Waals surface area contributed by atoms with Crippen LogP contribution in [0.5, 0.6) is 0 Å². The lowest BCUT2D eigenvalue weighted by molar-refractivity contribution is -0.140. The summed E-state index contributed by atoms with van der Waals surface area (Å²) >= 11 is 0. The highest BCUT2D eigenvalue weighted by Crippen LogP contribution is 2.01. The van der Waals surface area contributed by atoms with Crippen LogP contribution >= 0.6 is 0 Å². The fourth-order valence-corrected chi connectivity index (χ4v) is 0.583. The highest BCUT2D eigenvalue weighted by molar-refractivity contribution is 6.13. The van der Waals surface area contributed by atoms with Crippen LogP contribution < -0.4 is 5.73 Å². The maximum absolute atomic E-state index is 10.3. The van der Waals surface area contributed by atoms with Crippen molar-refractivity contribution in [3.05, 3.63) is 23.4 Å². The molecule has 0 amide bonds. The molecule has 0 atom stereocenters. The fourth-order valence-electron chi connectivity index (χ4n) is 0.583. The standard InChI is InChI=1S/C7H7NO6/c8-3(1-2-4(9)10)5(6(11)12)7(13)14/h1-2H,8H2,(H,9,10)(H,11,12)(H,13,14)/b2-1+. The van der Waals surface area contributed by atoms with Crippen LogP contribution in [0.25, 0.3) is 0 Å². The van der Waals surface area contributed by atoms with Crippen LogP contribution in [0.4, 0.5) is 0 Å². The molecule has 0 radical (unpaired) electrons. The van der Waals surface area contributed by atoms with E-state index in [-0.39, 0.29) is 0 Å². The van der Waals surface area contributed by atoms with Crippen LogP contribution in [0.15, 0.2) is 23.4 Å². The monoisotopic (exact) mass is 201 g/mol. The SMILES string of the molecule is NC(/C=C/C(=O)O)=C(C(=O)O)C(=O)O. The number of carbonyl (C=O) groups is 3. The molecule has 0 saturated carbocycles. The van der Waals surface area contributed by atoms with Gasteiger partial charge in [-0.2, -0.15) is 0 Å². The molecule has 0 aromatic carbocycles. The lowest BCUT2D eigenvalue weighted by Crippen LogP contribution is -2.17. The minimum atomic E-state index is -1.73. The van der Waals surface area contributed by atoms with E-state index in [0.717, 1.165) is 0 Å². The zero-order valence-corrected chi connectivity index (χ0v) is 6.80. The number of rotatable bonds is 4. The molecule has 0 aliphatic rings. The number of carboxylic acid groups (broad SMARTS) is 3. The predicted molar refractivity (Wildman–Crippen MR) is 43.3 cm³/mol. The normalized spacial score (nSPS) is 9.71. The highest BCUT2D eigenvalue weighted by atomic mass is 16.4. The Morgan fingerprint density at radius 3 is 1.64 bits per heavy atom. The maximum atomic E-state index is 10.3. The molecule has 0 saturated heterocycles. The summed E-state index contributed by atoms with van der Waals surface area (Å²) in [5, 5.41) is 24.9. The third-order valence-electron chi connectivity index (χ3n) is 1.12. The Labute approximate surface area is 77.8 Å². The van der Waals surface area contributed by atoms with Gasteiger partial charge in [-0.3, -0.25) is 0 Å². The van der Waals surface area contributed by atoms with Crippen LogP contribution in [-0.2, 0) is 14.4 Å². The van der Waals surface area contributed by atoms with Gasteiger partial charge in [0.05, 0.1) is 5.70 Å². The second-order valence-corrected chi connectivity index (χ2v) is 2.11. The Hall–Kier alpha value is -2.31. The smallest absolute Gasteiger partial charge is 0.345 e. The minimum Gasteiger partial charge on any atom is -0.478 e. The quantitative estimate of drug-likeness (QED) is 0.198. The van der Waals surface area contributed by atoms with Gasteiger partial charge in [0.15, 0.2) is 5.57 Å². The van der Waals surface area contributed by atoms with Crippen molar-refractivity contribution in [2.45, 2.75) is 0 Å². The molecule has 0 aliphatic carbocycles. The number of hydrogen-bond donors (Lipinski definition) is 4. The number of carboxylic acids is 3. The first kappa shape index (κ1) is 11.7. The predicted octanol–water partition coefficient (Wildman–Crippen LogP) is -0.991. The molecular formula is C7H7NO6. The van der Waals surface area contributed by atoms with Gasteiger partial charge in [0.25, 0.3) is 0 Å². The molecule has 76 valence electrons. The topological polar surface area (TPSA) is 138 Å². The van der Waals surface area contributed by atoms with Crippen molar-refractivity contribution in [2.75, 3.05) is 0 Å². The second-order valence-electron chi connectivity index (χ2n) is 2.11. The molecule has 0 unspecified atom stereocenters. The van der Waals surface area contributed by atoms with Crippen LogP contribution in [-0.4, -0.2) is 33.2 Å². The first-order chi connectivity index (χ1) is 6.36. The molecule has 0 fully saturated rings. The van der Waals surface area contributed by atoms with Crippen molar-refractivity contribution in [1.29, 1.82) is 0 Å². The van der Waals surface area contributed by atoms with Crippen molar-refractivity contribution >= 4 is 17.9 Å². The van der Waals surface area contributed by atoms with E-state index in [1.165, 1.54) is 0 Å². The Bertz CT molecular complexity index is 324. The molecule has 7 nitrogen and oxygen atoms in total. The summed E-state index contributed by atoms with van der Waals surface area (Å²) in [7, 11) is 0. The second kappa shape index (κ2) is 4.65. The molecule has 5 N–H and O–H groups in total. The van der Waals surface area contributed by atoms with Gasteiger partial charge in [-0.15, -0.1) is 0 Å². The number of aliphatic carboxylic acids is 3. The minimum absolute atomic E-state index is 0.543. The third-order valence-corrected chi connectivity index (χ3v) is 1.12. The van der Waals surface area contributed by atoms with E-state index < -0.39 is 29.2 Å². The lowest BCUT2D eigenvalue weighted by atomic mass is 10.2. The van der Waals surface area contributed by atoms with Crippen molar-refractivity contribution < 1.29 is 29.7 Å². The Morgan fingerprint density at radius 1 is 0.929 bits per heavy atom. The van der Waals surface area contributed by atoms with Crippen LogP contribution in [0.2, 0.25) is 0 Å². The molecular weight excluding hydrogens is 194 g/mol. The summed E-state index contributed by atoms with van der Waals surface area (Å²) in [6, 6.07) is 0. The number of nitrogens with two attached hydrogens (primary N) is 1. The van der Waals surface area contributed by atoms with E-state index in [1.54, 1.807) is 0 Å². The first-order valence-corrected chi connectivity index (χ1v) is 3.23. The van der Waals surface area contributed by atoms with E-state index in [4.69, 9.17) is 21.1 Å². The molecule has 14 heavy (non-hydrogen) atoms. The van der Waals surface area contributed by atoms with Crippen molar-refractivity contribution in [3.63, 3.8) is 0 Å². The molecule has 0 rings (SSSR count). The molecule has 0 aliphatic heterocycles. The summed E-state index contributed by atoms with van der Waals surface area (Å²) in [4.78, 5) is 30.7. The van der Waals surface area contributed by atoms with Gasteiger partial charge in [-0.1, -0.05) is 0 Å². The summed E-state index contributed by atoms with van der Waals surface area (Å²) in [6.45, 7) is 0. The molecule has 0 heterocycles. The molecule has 0 aromatic rings. The van der Waals surface area contributed by atoms with Crippen LogP contribution in [0, 0.1) is 0 Å². The van der Waals surface area contributed by atoms with E-state index >= 15 is 0 Å². The third kappa shape index (κ3) is 3.39. The van der Waals surface area contributed by atoms with Crippen LogP contribution in [0.3, 0.4) is 0 Å². The van der Waals surface area contributed by atoms with Gasteiger partial charge in [0.1, 0.15) is 0 Å². The Kier molecular flexibility index (Phi) is 3.88.